The Morgan fingerprint density at radius 3 is 1.65 bits per heavy atom. The molecule has 1 fully saturated rings. The SMILES string of the molecule is CCCCCCCCCCCCCCCCCCOC(=O)CCSC1(C)CCC(=C(C)C)CC1. The molecule has 1 rings (SSSR count). The zero-order chi connectivity index (χ0) is 24.9. The van der Waals surface area contributed by atoms with Crippen molar-refractivity contribution in [2.24, 2.45) is 0 Å². The van der Waals surface area contributed by atoms with Crippen LogP contribution in [0.4, 0.5) is 0 Å². The van der Waals surface area contributed by atoms with Gasteiger partial charge in [-0.1, -0.05) is 121 Å². The van der Waals surface area contributed by atoms with Crippen LogP contribution in [-0.4, -0.2) is 23.1 Å². The van der Waals surface area contributed by atoms with Crippen LogP contribution in [0.5, 0.6) is 0 Å². The van der Waals surface area contributed by atoms with Crippen molar-refractivity contribution < 1.29 is 9.53 Å². The zero-order valence-corrected chi connectivity index (χ0v) is 24.3. The fraction of sp³-hybridized carbons (Fsp3) is 0.903. The van der Waals surface area contributed by atoms with Gasteiger partial charge in [-0.25, -0.2) is 0 Å². The molecule has 0 radical (unpaired) electrons. The summed E-state index contributed by atoms with van der Waals surface area (Å²) >= 11 is 1.98. The van der Waals surface area contributed by atoms with Gasteiger partial charge in [-0.05, 0) is 46.0 Å². The van der Waals surface area contributed by atoms with Gasteiger partial charge in [0.05, 0.1) is 13.0 Å². The Morgan fingerprint density at radius 2 is 1.21 bits per heavy atom. The molecule has 0 aromatic heterocycles. The molecule has 0 saturated heterocycles. The van der Waals surface area contributed by atoms with E-state index in [1.54, 1.807) is 5.57 Å². The topological polar surface area (TPSA) is 26.3 Å². The number of unbranched alkanes of at least 4 members (excludes halogenated alkanes) is 15. The van der Waals surface area contributed by atoms with Crippen LogP contribution in [0.2, 0.25) is 0 Å². The minimum atomic E-state index is -0.00198. The monoisotopic (exact) mass is 494 g/mol. The largest absolute Gasteiger partial charge is 0.466 e. The summed E-state index contributed by atoms with van der Waals surface area (Å²) in [6.07, 6.45) is 27.4. The molecule has 34 heavy (non-hydrogen) atoms. The van der Waals surface area contributed by atoms with Gasteiger partial charge in [0.1, 0.15) is 0 Å². The molecule has 1 saturated carbocycles. The van der Waals surface area contributed by atoms with E-state index in [1.165, 1.54) is 128 Å². The van der Waals surface area contributed by atoms with Crippen LogP contribution in [0.25, 0.3) is 0 Å². The van der Waals surface area contributed by atoms with E-state index in [1.807, 2.05) is 11.8 Å². The predicted octanol–water partition coefficient (Wildman–Crippen LogP) is 10.6. The number of carbonyl (C=O) groups is 1. The van der Waals surface area contributed by atoms with Gasteiger partial charge in [0.2, 0.25) is 0 Å². The van der Waals surface area contributed by atoms with Crippen molar-refractivity contribution in [3.63, 3.8) is 0 Å². The summed E-state index contributed by atoms with van der Waals surface area (Å²) in [5.74, 6) is 0.899. The summed E-state index contributed by atoms with van der Waals surface area (Å²) in [5, 5.41) is 0. The molecule has 200 valence electrons. The van der Waals surface area contributed by atoms with E-state index in [4.69, 9.17) is 4.74 Å². The van der Waals surface area contributed by atoms with Crippen molar-refractivity contribution in [3.05, 3.63) is 11.1 Å². The van der Waals surface area contributed by atoms with Crippen LogP contribution in [0.15, 0.2) is 11.1 Å². The molecular weight excluding hydrogens is 436 g/mol. The summed E-state index contributed by atoms with van der Waals surface area (Å²) in [6.45, 7) is 9.75. The minimum absolute atomic E-state index is 0.00198. The van der Waals surface area contributed by atoms with Gasteiger partial charge in [-0.15, -0.1) is 0 Å². The maximum atomic E-state index is 12.0. The highest BCUT2D eigenvalue weighted by Crippen LogP contribution is 2.42. The molecule has 0 aliphatic heterocycles. The average Bonchev–Trinajstić information content (AvgIpc) is 2.81. The molecular formula is C31H58O2S. The van der Waals surface area contributed by atoms with Gasteiger partial charge < -0.3 is 4.74 Å². The summed E-state index contributed by atoms with van der Waals surface area (Å²) in [6, 6.07) is 0. The highest BCUT2D eigenvalue weighted by molar-refractivity contribution is 8.00. The van der Waals surface area contributed by atoms with E-state index < -0.39 is 0 Å². The Hall–Kier alpha value is -0.440. The second kappa shape index (κ2) is 20.7. The summed E-state index contributed by atoms with van der Waals surface area (Å²) in [4.78, 5) is 12.0. The van der Waals surface area contributed by atoms with E-state index in [2.05, 4.69) is 27.7 Å². The number of allylic oxidation sites excluding steroid dienone is 2. The van der Waals surface area contributed by atoms with Crippen LogP contribution in [0.1, 0.15) is 163 Å². The molecule has 1 aliphatic rings. The Bertz CT molecular complexity index is 526. The van der Waals surface area contributed by atoms with E-state index in [0.717, 1.165) is 12.2 Å². The predicted molar refractivity (Wildman–Crippen MR) is 153 cm³/mol. The first kappa shape index (κ1) is 31.6. The Morgan fingerprint density at radius 1 is 0.765 bits per heavy atom. The standard InChI is InChI=1S/C31H58O2S/c1-5-6-7-8-9-10-11-12-13-14-15-16-17-18-19-20-26-33-30(32)23-27-34-31(4)24-21-29(22-25-31)28(2)3/h5-27H2,1-4H3. The van der Waals surface area contributed by atoms with Crippen LogP contribution in [0, 0.1) is 0 Å². The molecule has 0 amide bonds. The minimum Gasteiger partial charge on any atom is -0.466 e. The molecule has 0 N–H and O–H groups in total. The van der Waals surface area contributed by atoms with Crippen molar-refractivity contribution in [1.82, 2.24) is 0 Å². The molecule has 0 heterocycles. The first-order valence-electron chi connectivity index (χ1n) is 14.9. The molecule has 0 aromatic rings. The number of rotatable bonds is 21. The van der Waals surface area contributed by atoms with Crippen molar-refractivity contribution in [3.8, 4) is 0 Å². The van der Waals surface area contributed by atoms with Gasteiger partial charge in [0, 0.05) is 10.5 Å². The molecule has 0 aromatic carbocycles. The quantitative estimate of drug-likeness (QED) is 0.0901. The molecule has 0 bridgehead atoms. The molecule has 1 aliphatic carbocycles. The Kier molecular flexibility index (Phi) is 19.3. The lowest BCUT2D eigenvalue weighted by atomic mass is 9.84. The normalized spacial score (nSPS) is 18.3. The van der Waals surface area contributed by atoms with Crippen molar-refractivity contribution in [1.29, 1.82) is 0 Å². The van der Waals surface area contributed by atoms with E-state index >= 15 is 0 Å². The third kappa shape index (κ3) is 17.1. The zero-order valence-electron chi connectivity index (χ0n) is 23.5. The molecule has 0 atom stereocenters. The first-order chi connectivity index (χ1) is 16.5. The highest BCUT2D eigenvalue weighted by Gasteiger charge is 2.29. The number of carbonyl (C=O) groups excluding carboxylic acids is 1. The van der Waals surface area contributed by atoms with Crippen molar-refractivity contribution in [2.75, 3.05) is 12.4 Å². The van der Waals surface area contributed by atoms with Gasteiger partial charge in [-0.2, -0.15) is 11.8 Å². The van der Waals surface area contributed by atoms with Crippen molar-refractivity contribution >= 4 is 17.7 Å². The fourth-order valence-corrected chi connectivity index (χ4v) is 6.27. The third-order valence-electron chi connectivity index (χ3n) is 7.64. The maximum Gasteiger partial charge on any atom is 0.306 e. The second-order valence-electron chi connectivity index (χ2n) is 11.2. The molecule has 0 spiro atoms. The van der Waals surface area contributed by atoms with Gasteiger partial charge in [0.15, 0.2) is 0 Å². The van der Waals surface area contributed by atoms with Gasteiger partial charge in [0.25, 0.3) is 0 Å². The molecule has 3 heteroatoms. The van der Waals surface area contributed by atoms with E-state index in [9.17, 15) is 4.79 Å². The lowest BCUT2D eigenvalue weighted by Crippen LogP contribution is -2.25. The fourth-order valence-electron chi connectivity index (χ4n) is 5.01. The maximum absolute atomic E-state index is 12.0. The summed E-state index contributed by atoms with van der Waals surface area (Å²) < 4.78 is 5.81. The Labute approximate surface area is 217 Å². The van der Waals surface area contributed by atoms with E-state index in [-0.39, 0.29) is 5.97 Å². The number of thioether (sulfide) groups is 1. The van der Waals surface area contributed by atoms with Gasteiger partial charge >= 0.3 is 5.97 Å². The molecule has 2 nitrogen and oxygen atoms in total. The number of hydrogen-bond acceptors (Lipinski definition) is 3. The number of esters is 1. The van der Waals surface area contributed by atoms with Gasteiger partial charge in [-0.3, -0.25) is 4.79 Å². The van der Waals surface area contributed by atoms with Crippen LogP contribution < -0.4 is 0 Å². The third-order valence-corrected chi connectivity index (χ3v) is 9.15. The highest BCUT2D eigenvalue weighted by atomic mass is 32.2. The number of hydrogen-bond donors (Lipinski definition) is 0. The van der Waals surface area contributed by atoms with Crippen LogP contribution >= 0.6 is 11.8 Å². The smallest absolute Gasteiger partial charge is 0.306 e. The first-order valence-corrected chi connectivity index (χ1v) is 15.9. The van der Waals surface area contributed by atoms with Crippen LogP contribution in [-0.2, 0) is 9.53 Å². The lowest BCUT2D eigenvalue weighted by molar-refractivity contribution is -0.143. The number of ether oxygens (including phenoxy) is 1. The summed E-state index contributed by atoms with van der Waals surface area (Å²) in [5.41, 5.74) is 3.15. The van der Waals surface area contributed by atoms with Crippen molar-refractivity contribution in [2.45, 2.75) is 167 Å². The molecule has 0 unspecified atom stereocenters. The second-order valence-corrected chi connectivity index (χ2v) is 12.9. The summed E-state index contributed by atoms with van der Waals surface area (Å²) in [7, 11) is 0. The van der Waals surface area contributed by atoms with E-state index in [0.29, 0.717) is 17.8 Å². The average molecular weight is 495 g/mol. The lowest BCUT2D eigenvalue weighted by Gasteiger charge is -2.34. The van der Waals surface area contributed by atoms with Crippen LogP contribution in [0.3, 0.4) is 0 Å². The Balaban J connectivity index is 1.82.